The van der Waals surface area contributed by atoms with Crippen LogP contribution in [0.3, 0.4) is 0 Å². The number of amides is 2. The minimum Gasteiger partial charge on any atom is -0.497 e. The Balaban J connectivity index is 1.56. The van der Waals surface area contributed by atoms with Crippen LogP contribution >= 0.6 is 11.6 Å². The number of benzene rings is 2. The number of anilines is 1. The van der Waals surface area contributed by atoms with Gasteiger partial charge in [0.25, 0.3) is 11.8 Å². The normalized spacial score (nSPS) is 14.0. The van der Waals surface area contributed by atoms with Gasteiger partial charge < -0.3 is 14.5 Å². The summed E-state index contributed by atoms with van der Waals surface area (Å²) >= 11 is 6.07. The van der Waals surface area contributed by atoms with E-state index < -0.39 is 0 Å². The van der Waals surface area contributed by atoms with Crippen LogP contribution in [-0.4, -0.2) is 24.6 Å². The van der Waals surface area contributed by atoms with Gasteiger partial charge in [-0.05, 0) is 68.7 Å². The average Bonchev–Trinajstić information content (AvgIpc) is 3.17. The number of carbonyl (C=O) groups excluding carboxylic acids is 2. The molecule has 0 fully saturated rings. The Morgan fingerprint density at radius 3 is 2.55 bits per heavy atom. The number of carbonyl (C=O) groups is 2. The monoisotopic (exact) mass is 465 g/mol. The van der Waals surface area contributed by atoms with Crippen LogP contribution in [0.25, 0.3) is 0 Å². The van der Waals surface area contributed by atoms with E-state index >= 15 is 0 Å². The minimum absolute atomic E-state index is 0.232. The van der Waals surface area contributed by atoms with Gasteiger partial charge in [-0.2, -0.15) is 5.10 Å². The van der Waals surface area contributed by atoms with Crippen LogP contribution in [0.15, 0.2) is 52.0 Å². The fourth-order valence-corrected chi connectivity index (χ4v) is 4.00. The summed E-state index contributed by atoms with van der Waals surface area (Å²) in [6.45, 7) is 3.72. The Bertz CT molecular complexity index is 1250. The maximum atomic E-state index is 13.0. The van der Waals surface area contributed by atoms with Gasteiger partial charge in [-0.15, -0.1) is 0 Å². The topological polar surface area (TPSA) is 92.9 Å². The highest BCUT2D eigenvalue weighted by Gasteiger charge is 2.28. The quantitative estimate of drug-likeness (QED) is 0.501. The number of nitrogens with one attached hydrogen (secondary N) is 2. The van der Waals surface area contributed by atoms with E-state index in [1.165, 1.54) is 0 Å². The molecule has 3 aromatic rings. The molecule has 1 aliphatic carbocycles. The van der Waals surface area contributed by atoms with Crippen LogP contribution in [0, 0.1) is 13.8 Å². The minimum atomic E-state index is -0.353. The number of fused-ring (bicyclic) bond motifs is 1. The fourth-order valence-electron chi connectivity index (χ4n) is 3.83. The van der Waals surface area contributed by atoms with Crippen LogP contribution in [0.1, 0.15) is 56.2 Å². The Hall–Kier alpha value is -3.58. The second kappa shape index (κ2) is 9.50. The molecule has 8 heteroatoms. The van der Waals surface area contributed by atoms with Gasteiger partial charge in [0.05, 0.1) is 12.8 Å². The maximum Gasteiger partial charge on any atom is 0.291 e. The molecule has 0 saturated heterocycles. The van der Waals surface area contributed by atoms with Gasteiger partial charge in [-0.1, -0.05) is 17.7 Å². The molecule has 0 saturated carbocycles. The van der Waals surface area contributed by atoms with E-state index in [0.717, 1.165) is 17.5 Å². The Kier molecular flexibility index (Phi) is 6.51. The molecule has 2 aromatic carbocycles. The van der Waals surface area contributed by atoms with Crippen molar-refractivity contribution in [2.45, 2.75) is 33.1 Å². The van der Waals surface area contributed by atoms with E-state index in [1.807, 2.05) is 19.9 Å². The third-order valence-electron chi connectivity index (χ3n) is 5.62. The summed E-state index contributed by atoms with van der Waals surface area (Å²) in [6.07, 6.45) is 2.18. The van der Waals surface area contributed by atoms with Crippen LogP contribution < -0.4 is 15.5 Å². The number of nitrogens with zero attached hydrogens (tertiary/aromatic N) is 1. The molecule has 0 radical (unpaired) electrons. The van der Waals surface area contributed by atoms with Gasteiger partial charge in [0.15, 0.2) is 5.76 Å². The van der Waals surface area contributed by atoms with Gasteiger partial charge in [-0.25, -0.2) is 5.43 Å². The molecule has 1 aliphatic rings. The number of hydrazone groups is 1. The third-order valence-corrected chi connectivity index (χ3v) is 5.86. The zero-order valence-corrected chi connectivity index (χ0v) is 19.4. The summed E-state index contributed by atoms with van der Waals surface area (Å²) in [5.74, 6) is 0.920. The number of halogens is 1. The van der Waals surface area contributed by atoms with Crippen molar-refractivity contribution in [3.8, 4) is 5.75 Å². The first kappa shape index (κ1) is 22.6. The molecule has 4 rings (SSSR count). The van der Waals surface area contributed by atoms with Gasteiger partial charge in [0.1, 0.15) is 11.5 Å². The summed E-state index contributed by atoms with van der Waals surface area (Å²) in [5, 5.41) is 7.78. The Morgan fingerprint density at radius 1 is 1.06 bits per heavy atom. The van der Waals surface area contributed by atoms with E-state index in [-0.39, 0.29) is 17.6 Å². The summed E-state index contributed by atoms with van der Waals surface area (Å²) in [7, 11) is 1.57. The molecule has 0 unspecified atom stereocenters. The molecular weight excluding hydrogens is 442 g/mol. The lowest BCUT2D eigenvalue weighted by molar-refractivity contribution is 0.0953. The molecule has 0 bridgehead atoms. The lowest BCUT2D eigenvalue weighted by Gasteiger charge is -2.13. The van der Waals surface area contributed by atoms with E-state index in [0.29, 0.717) is 51.9 Å². The lowest BCUT2D eigenvalue weighted by atomic mass is 9.93. The van der Waals surface area contributed by atoms with Gasteiger partial charge >= 0.3 is 0 Å². The standard InChI is InChI=1S/C25H24ClN3O4/c1-14-7-10-17(26)13-20(14)27-25(31)23-15(2)22-19(5-4-6-21(22)33-23)28-29-24(30)16-8-11-18(32-3)12-9-16/h7-13H,4-6H2,1-3H3,(H,27,31)(H,29,30)/b28-19+. The highest BCUT2D eigenvalue weighted by Crippen LogP contribution is 2.31. The molecule has 0 spiro atoms. The van der Waals surface area contributed by atoms with Crippen molar-refractivity contribution < 1.29 is 18.7 Å². The molecule has 2 amide bonds. The van der Waals surface area contributed by atoms with E-state index in [4.69, 9.17) is 20.8 Å². The number of ether oxygens (including phenoxy) is 1. The second-order valence-electron chi connectivity index (χ2n) is 7.85. The van der Waals surface area contributed by atoms with Crippen LogP contribution in [0.5, 0.6) is 5.75 Å². The van der Waals surface area contributed by atoms with Crippen molar-refractivity contribution in [1.82, 2.24) is 5.43 Å². The van der Waals surface area contributed by atoms with Crippen molar-refractivity contribution in [2.24, 2.45) is 5.10 Å². The fraction of sp³-hybridized carbons (Fsp3) is 0.240. The number of furan rings is 1. The summed E-state index contributed by atoms with van der Waals surface area (Å²) in [5.41, 5.74) is 6.78. The smallest absolute Gasteiger partial charge is 0.291 e. The second-order valence-corrected chi connectivity index (χ2v) is 8.29. The van der Waals surface area contributed by atoms with Crippen LogP contribution in [0.4, 0.5) is 5.69 Å². The zero-order valence-electron chi connectivity index (χ0n) is 18.6. The van der Waals surface area contributed by atoms with E-state index in [9.17, 15) is 9.59 Å². The van der Waals surface area contributed by atoms with Crippen molar-refractivity contribution in [3.63, 3.8) is 0 Å². The number of hydrogen-bond acceptors (Lipinski definition) is 5. The predicted octanol–water partition coefficient (Wildman–Crippen LogP) is 5.28. The number of methoxy groups -OCH3 is 1. The van der Waals surface area contributed by atoms with E-state index in [2.05, 4.69) is 15.8 Å². The number of hydrogen-bond donors (Lipinski definition) is 2. The van der Waals surface area contributed by atoms with Crippen molar-refractivity contribution in [2.75, 3.05) is 12.4 Å². The first-order valence-corrected chi connectivity index (χ1v) is 11.0. The van der Waals surface area contributed by atoms with Crippen LogP contribution in [0.2, 0.25) is 5.02 Å². The average molecular weight is 466 g/mol. The lowest BCUT2D eigenvalue weighted by Crippen LogP contribution is -2.22. The van der Waals surface area contributed by atoms with Crippen molar-refractivity contribution in [3.05, 3.63) is 81.3 Å². The van der Waals surface area contributed by atoms with Gasteiger partial charge in [0.2, 0.25) is 0 Å². The molecule has 0 aliphatic heterocycles. The molecule has 0 atom stereocenters. The highest BCUT2D eigenvalue weighted by molar-refractivity contribution is 6.31. The SMILES string of the molecule is COc1ccc(C(=O)N/N=C2\CCCc3oc(C(=O)Nc4cc(Cl)ccc4C)c(C)c32)cc1. The molecule has 1 heterocycles. The predicted molar refractivity (Wildman–Crippen MR) is 128 cm³/mol. The highest BCUT2D eigenvalue weighted by atomic mass is 35.5. The molecule has 7 nitrogen and oxygen atoms in total. The van der Waals surface area contributed by atoms with Gasteiger partial charge in [-0.3, -0.25) is 9.59 Å². The number of aryl methyl sites for hydroxylation is 2. The summed E-state index contributed by atoms with van der Waals surface area (Å²) < 4.78 is 11.1. The molecular formula is C25H24ClN3O4. The first-order chi connectivity index (χ1) is 15.9. The largest absolute Gasteiger partial charge is 0.497 e. The number of rotatable bonds is 5. The third kappa shape index (κ3) is 4.78. The first-order valence-electron chi connectivity index (χ1n) is 10.6. The van der Waals surface area contributed by atoms with Crippen molar-refractivity contribution in [1.29, 1.82) is 0 Å². The summed E-state index contributed by atoms with van der Waals surface area (Å²) in [4.78, 5) is 25.5. The Morgan fingerprint density at radius 2 is 1.82 bits per heavy atom. The van der Waals surface area contributed by atoms with Crippen molar-refractivity contribution >= 4 is 34.8 Å². The summed E-state index contributed by atoms with van der Waals surface area (Å²) in [6, 6.07) is 12.1. The van der Waals surface area contributed by atoms with Gasteiger partial charge in [0, 0.05) is 33.8 Å². The van der Waals surface area contributed by atoms with Crippen LogP contribution in [-0.2, 0) is 6.42 Å². The molecule has 2 N–H and O–H groups in total. The molecule has 170 valence electrons. The Labute approximate surface area is 196 Å². The maximum absolute atomic E-state index is 13.0. The molecule has 33 heavy (non-hydrogen) atoms. The zero-order chi connectivity index (χ0) is 23.5. The van der Waals surface area contributed by atoms with E-state index in [1.54, 1.807) is 43.5 Å². The molecule has 1 aromatic heterocycles.